The maximum absolute atomic E-state index is 11.5. The Bertz CT molecular complexity index is 1010. The fourth-order valence-electron chi connectivity index (χ4n) is 3.79. The maximum atomic E-state index is 11.5. The van der Waals surface area contributed by atoms with Gasteiger partial charge in [-0.15, -0.1) is 0 Å². The lowest BCUT2D eigenvalue weighted by Crippen LogP contribution is -2.36. The number of nitrogens with one attached hydrogen (secondary N) is 1. The molecule has 0 radical (unpaired) electrons. The van der Waals surface area contributed by atoms with Crippen LogP contribution in [0.4, 0.5) is 5.82 Å². The number of rotatable bonds is 5. The predicted molar refractivity (Wildman–Crippen MR) is 115 cm³/mol. The van der Waals surface area contributed by atoms with Gasteiger partial charge in [0.25, 0.3) is 0 Å². The monoisotopic (exact) mass is 388 g/mol. The highest BCUT2D eigenvalue weighted by Gasteiger charge is 2.28. The van der Waals surface area contributed by atoms with Crippen molar-refractivity contribution in [2.75, 3.05) is 5.32 Å². The Labute approximate surface area is 170 Å². The van der Waals surface area contributed by atoms with Gasteiger partial charge in [-0.2, -0.15) is 0 Å². The van der Waals surface area contributed by atoms with Crippen molar-refractivity contribution < 1.29 is 9.90 Å². The summed E-state index contributed by atoms with van der Waals surface area (Å²) in [6, 6.07) is 2.97. The minimum Gasteiger partial charge on any atom is -0.478 e. The molecule has 2 aliphatic heterocycles. The van der Waals surface area contributed by atoms with Crippen molar-refractivity contribution in [1.29, 1.82) is 0 Å². The number of carboxylic acids is 1. The molecule has 0 spiro atoms. The molecule has 2 N–H and O–H groups in total. The largest absolute Gasteiger partial charge is 0.478 e. The molecule has 1 aromatic heterocycles. The van der Waals surface area contributed by atoms with Crippen LogP contribution in [0.5, 0.6) is 0 Å². The van der Waals surface area contributed by atoms with Crippen molar-refractivity contribution in [2.45, 2.75) is 38.6 Å². The molecule has 148 valence electrons. The van der Waals surface area contributed by atoms with E-state index in [1.807, 2.05) is 36.3 Å². The second-order valence-electron chi connectivity index (χ2n) is 7.34. The topological polar surface area (TPSA) is 77.8 Å². The summed E-state index contributed by atoms with van der Waals surface area (Å²) in [6.07, 6.45) is 16.3. The van der Waals surface area contributed by atoms with Crippen LogP contribution in [0.15, 0.2) is 82.9 Å². The Balaban J connectivity index is 1.64. The Morgan fingerprint density at radius 3 is 3.00 bits per heavy atom. The summed E-state index contributed by atoms with van der Waals surface area (Å²) in [6.45, 7) is 6.19. The van der Waals surface area contributed by atoms with E-state index in [1.54, 1.807) is 18.3 Å². The quantitative estimate of drug-likeness (QED) is 0.768. The van der Waals surface area contributed by atoms with Gasteiger partial charge in [0.05, 0.1) is 11.7 Å². The lowest BCUT2D eigenvalue weighted by atomic mass is 9.95. The second-order valence-corrected chi connectivity index (χ2v) is 7.34. The molecule has 1 aliphatic carbocycles. The highest BCUT2D eigenvalue weighted by molar-refractivity contribution is 6.04. The number of hydrogen-bond acceptors (Lipinski definition) is 5. The third-order valence-corrected chi connectivity index (χ3v) is 5.31. The minimum absolute atomic E-state index is 0.145. The molecule has 1 atom stereocenters. The molecule has 4 rings (SSSR count). The Morgan fingerprint density at radius 2 is 2.24 bits per heavy atom. The number of amidine groups is 1. The fraction of sp³-hybridized carbons (Fsp3) is 0.261. The van der Waals surface area contributed by atoms with E-state index in [-0.39, 0.29) is 11.6 Å². The summed E-state index contributed by atoms with van der Waals surface area (Å²) in [5, 5.41) is 12.7. The fourth-order valence-corrected chi connectivity index (χ4v) is 3.79. The van der Waals surface area contributed by atoms with Crippen LogP contribution in [0.3, 0.4) is 0 Å². The molecule has 0 saturated heterocycles. The van der Waals surface area contributed by atoms with E-state index in [0.29, 0.717) is 5.82 Å². The van der Waals surface area contributed by atoms with Crippen molar-refractivity contribution in [3.8, 4) is 0 Å². The van der Waals surface area contributed by atoms with Gasteiger partial charge in [0, 0.05) is 23.7 Å². The van der Waals surface area contributed by atoms with Gasteiger partial charge < -0.3 is 15.3 Å². The molecule has 1 aromatic rings. The predicted octanol–water partition coefficient (Wildman–Crippen LogP) is 4.65. The summed E-state index contributed by atoms with van der Waals surface area (Å²) in [7, 11) is 0. The van der Waals surface area contributed by atoms with Crippen molar-refractivity contribution in [2.24, 2.45) is 4.99 Å². The van der Waals surface area contributed by atoms with Crippen LogP contribution in [-0.2, 0) is 0 Å². The first-order chi connectivity index (χ1) is 14.0. The SMILES string of the molecule is C=C1C=C(C2=CCCCC2)N=C2C([C@@H](C)Nc3ncccc3C(=O)O)=CC=CN12. The number of carbonyl (C=O) groups is 1. The number of fused-ring (bicyclic) bond motifs is 1. The molecule has 0 amide bonds. The summed E-state index contributed by atoms with van der Waals surface area (Å²) in [5.74, 6) is 0.148. The molecular weight excluding hydrogens is 364 g/mol. The van der Waals surface area contributed by atoms with Gasteiger partial charge in [-0.3, -0.25) is 0 Å². The van der Waals surface area contributed by atoms with Gasteiger partial charge in [0.2, 0.25) is 0 Å². The van der Waals surface area contributed by atoms with E-state index in [4.69, 9.17) is 4.99 Å². The van der Waals surface area contributed by atoms with Gasteiger partial charge in [-0.1, -0.05) is 18.7 Å². The number of carboxylic acid groups (broad SMARTS) is 1. The standard InChI is InChI=1S/C23H24N4O2/c1-15-14-20(17-8-4-3-5-9-17)26-22-18(11-7-13-27(15)22)16(2)25-21-19(23(28)29)10-6-12-24-21/h6-8,10-14,16H,1,3-5,9H2,2H3,(H,24,25)(H,28,29)/t16-/m1/s1. The first kappa shape index (κ1) is 18.9. The number of allylic oxidation sites excluding steroid dienone is 5. The Hall–Kier alpha value is -3.41. The Kier molecular flexibility index (Phi) is 5.16. The van der Waals surface area contributed by atoms with Crippen LogP contribution in [0.25, 0.3) is 0 Å². The molecule has 0 aromatic carbocycles. The van der Waals surface area contributed by atoms with Gasteiger partial charge in [-0.05, 0) is 62.5 Å². The lowest BCUT2D eigenvalue weighted by Gasteiger charge is -2.33. The number of aromatic nitrogens is 1. The third kappa shape index (κ3) is 3.78. The van der Waals surface area contributed by atoms with Gasteiger partial charge in [0.15, 0.2) is 0 Å². The van der Waals surface area contributed by atoms with Gasteiger partial charge in [-0.25, -0.2) is 14.8 Å². The van der Waals surface area contributed by atoms with E-state index >= 15 is 0 Å². The summed E-state index contributed by atoms with van der Waals surface area (Å²) in [4.78, 5) is 22.6. The maximum Gasteiger partial charge on any atom is 0.339 e. The Morgan fingerprint density at radius 1 is 1.38 bits per heavy atom. The molecule has 3 heterocycles. The second kappa shape index (κ2) is 7.91. The number of hydrogen-bond donors (Lipinski definition) is 2. The minimum atomic E-state index is -1.01. The zero-order valence-electron chi connectivity index (χ0n) is 16.4. The van der Waals surface area contributed by atoms with Gasteiger partial charge >= 0.3 is 5.97 Å². The van der Waals surface area contributed by atoms with Crippen molar-refractivity contribution >= 4 is 17.6 Å². The van der Waals surface area contributed by atoms with E-state index in [0.717, 1.165) is 35.6 Å². The zero-order valence-corrected chi connectivity index (χ0v) is 16.4. The van der Waals surface area contributed by atoms with Crippen LogP contribution in [0.2, 0.25) is 0 Å². The number of nitrogens with zero attached hydrogens (tertiary/aromatic N) is 3. The zero-order chi connectivity index (χ0) is 20.4. The molecule has 0 fully saturated rings. The van der Waals surface area contributed by atoms with Crippen molar-refractivity contribution in [3.63, 3.8) is 0 Å². The van der Waals surface area contributed by atoms with Crippen LogP contribution >= 0.6 is 0 Å². The molecule has 0 saturated carbocycles. The molecule has 0 unspecified atom stereocenters. The van der Waals surface area contributed by atoms with E-state index < -0.39 is 5.97 Å². The third-order valence-electron chi connectivity index (χ3n) is 5.31. The van der Waals surface area contributed by atoms with Crippen molar-refractivity contribution in [3.05, 3.63) is 83.5 Å². The van der Waals surface area contributed by atoms with Crippen LogP contribution < -0.4 is 5.32 Å². The number of aliphatic imine (C=N–C) groups is 1. The first-order valence-electron chi connectivity index (χ1n) is 9.86. The number of pyridine rings is 1. The highest BCUT2D eigenvalue weighted by atomic mass is 16.4. The van der Waals surface area contributed by atoms with E-state index in [2.05, 4.69) is 23.0 Å². The first-order valence-corrected chi connectivity index (χ1v) is 9.86. The average molecular weight is 388 g/mol. The molecule has 29 heavy (non-hydrogen) atoms. The molecular formula is C23H24N4O2. The number of aromatic carboxylic acids is 1. The molecule has 3 aliphatic rings. The average Bonchev–Trinajstić information content (AvgIpc) is 2.74. The normalized spacial score (nSPS) is 19.5. The summed E-state index contributed by atoms with van der Waals surface area (Å²) < 4.78 is 0. The van der Waals surface area contributed by atoms with Crippen molar-refractivity contribution in [1.82, 2.24) is 9.88 Å². The molecule has 6 nitrogen and oxygen atoms in total. The number of anilines is 1. The molecule has 6 heteroatoms. The van der Waals surface area contributed by atoms with Crippen LogP contribution in [-0.4, -0.2) is 32.8 Å². The summed E-state index contributed by atoms with van der Waals surface area (Å²) >= 11 is 0. The lowest BCUT2D eigenvalue weighted by molar-refractivity contribution is 0.0697. The van der Waals surface area contributed by atoms with E-state index in [1.165, 1.54) is 18.4 Å². The van der Waals surface area contributed by atoms with Crippen LogP contribution in [0, 0.1) is 0 Å². The van der Waals surface area contributed by atoms with Crippen LogP contribution in [0.1, 0.15) is 43.0 Å². The molecule has 0 bridgehead atoms. The summed E-state index contributed by atoms with van der Waals surface area (Å²) in [5.41, 5.74) is 4.22. The highest BCUT2D eigenvalue weighted by Crippen LogP contribution is 2.32. The van der Waals surface area contributed by atoms with Gasteiger partial charge in [0.1, 0.15) is 17.2 Å². The van der Waals surface area contributed by atoms with E-state index in [9.17, 15) is 9.90 Å². The smallest absolute Gasteiger partial charge is 0.339 e.